The average molecular weight is 818 g/mol. The topological polar surface area (TPSA) is 30.7 Å². The summed E-state index contributed by atoms with van der Waals surface area (Å²) in [4.78, 5) is 10.8. The lowest BCUT2D eigenvalue weighted by Gasteiger charge is -2.22. The number of benzene rings is 9. The molecule has 0 unspecified atom stereocenters. The summed E-state index contributed by atoms with van der Waals surface area (Å²) in [6.07, 6.45) is 0. The first-order chi connectivity index (χ1) is 31.5. The molecule has 0 amide bonds. The van der Waals surface area contributed by atoms with Crippen LogP contribution in [0.5, 0.6) is 0 Å². The van der Waals surface area contributed by atoms with E-state index in [1.54, 1.807) is 0 Å². The van der Waals surface area contributed by atoms with Gasteiger partial charge in [-0.1, -0.05) is 196 Å². The summed E-state index contributed by atoms with van der Waals surface area (Å²) in [6.45, 7) is 4.67. The van der Waals surface area contributed by atoms with Crippen molar-refractivity contribution in [2.45, 2.75) is 19.3 Å². The van der Waals surface area contributed by atoms with Crippen molar-refractivity contribution in [2.24, 2.45) is 0 Å². The lowest BCUT2D eigenvalue weighted by Crippen LogP contribution is -2.14. The molecule has 2 aromatic heterocycles. The van der Waals surface area contributed by atoms with Crippen molar-refractivity contribution in [3.63, 3.8) is 0 Å². The van der Waals surface area contributed by atoms with E-state index in [2.05, 4.69) is 243 Å². The van der Waals surface area contributed by atoms with Crippen LogP contribution in [0.4, 0.5) is 0 Å². The van der Waals surface area contributed by atoms with Gasteiger partial charge in [-0.05, 0) is 98.1 Å². The van der Waals surface area contributed by atoms with Gasteiger partial charge in [0.15, 0.2) is 5.82 Å². The predicted molar refractivity (Wildman–Crippen MR) is 267 cm³/mol. The fourth-order valence-corrected chi connectivity index (χ4v) is 9.92. The molecule has 11 aromatic rings. The van der Waals surface area contributed by atoms with Gasteiger partial charge in [-0.2, -0.15) is 0 Å². The fraction of sp³-hybridized carbons (Fsp3) is 0.0492. The number of hydrogen-bond donors (Lipinski definition) is 0. The molecule has 3 nitrogen and oxygen atoms in total. The molecule has 0 fully saturated rings. The van der Waals surface area contributed by atoms with Crippen molar-refractivity contribution >= 4 is 21.8 Å². The van der Waals surface area contributed by atoms with Crippen LogP contribution in [0.25, 0.3) is 106 Å². The van der Waals surface area contributed by atoms with Crippen molar-refractivity contribution in [1.29, 1.82) is 0 Å². The lowest BCUT2D eigenvalue weighted by molar-refractivity contribution is 0.660. The van der Waals surface area contributed by atoms with E-state index >= 15 is 0 Å². The standard InChI is InChI=1S/C61H43N3/c1-61(2)54-22-12-9-19-50(54)51-34-33-46(38-55(51)61)56-39-57(63-60(62-56)45-31-29-43(30-32-45)41-17-7-4-8-18-41)48-35-47(44-27-25-42(26-28-44)40-15-5-3-6-16-40)36-49(37-48)64-58-23-13-10-20-52(58)53-21-11-14-24-59(53)64/h3-39H,1-2H3. The highest BCUT2D eigenvalue weighted by Crippen LogP contribution is 2.49. The highest BCUT2D eigenvalue weighted by atomic mass is 15.0. The molecule has 9 aromatic carbocycles. The van der Waals surface area contributed by atoms with Gasteiger partial charge in [0.2, 0.25) is 0 Å². The molecule has 12 rings (SSSR count). The molecule has 0 spiro atoms. The van der Waals surface area contributed by atoms with Crippen LogP contribution < -0.4 is 0 Å². The van der Waals surface area contributed by atoms with E-state index in [0.29, 0.717) is 5.82 Å². The van der Waals surface area contributed by atoms with Crippen molar-refractivity contribution in [3.05, 3.63) is 236 Å². The van der Waals surface area contributed by atoms with Gasteiger partial charge in [-0.15, -0.1) is 0 Å². The molecule has 1 aliphatic carbocycles. The van der Waals surface area contributed by atoms with Gasteiger partial charge < -0.3 is 4.57 Å². The molecule has 3 heteroatoms. The molecule has 2 heterocycles. The highest BCUT2D eigenvalue weighted by Gasteiger charge is 2.35. The summed E-state index contributed by atoms with van der Waals surface area (Å²) >= 11 is 0. The maximum absolute atomic E-state index is 5.45. The minimum atomic E-state index is -0.143. The van der Waals surface area contributed by atoms with Gasteiger partial charge in [0, 0.05) is 38.6 Å². The summed E-state index contributed by atoms with van der Waals surface area (Å²) in [5.41, 5.74) is 20.3. The Kier molecular flexibility index (Phi) is 8.84. The summed E-state index contributed by atoms with van der Waals surface area (Å²) in [5, 5.41) is 2.45. The van der Waals surface area contributed by atoms with Crippen LogP contribution in [0.1, 0.15) is 25.0 Å². The van der Waals surface area contributed by atoms with E-state index < -0.39 is 0 Å². The molecule has 0 radical (unpaired) electrons. The monoisotopic (exact) mass is 817 g/mol. The Hall–Kier alpha value is -8.14. The summed E-state index contributed by atoms with van der Waals surface area (Å²) in [7, 11) is 0. The smallest absolute Gasteiger partial charge is 0.160 e. The van der Waals surface area contributed by atoms with Crippen molar-refractivity contribution < 1.29 is 0 Å². The van der Waals surface area contributed by atoms with Crippen LogP contribution >= 0.6 is 0 Å². The first-order valence-electron chi connectivity index (χ1n) is 22.1. The summed E-state index contributed by atoms with van der Waals surface area (Å²) < 4.78 is 2.40. The van der Waals surface area contributed by atoms with Crippen molar-refractivity contribution in [1.82, 2.24) is 14.5 Å². The van der Waals surface area contributed by atoms with Crippen molar-refractivity contribution in [2.75, 3.05) is 0 Å². The van der Waals surface area contributed by atoms with Crippen LogP contribution in [-0.4, -0.2) is 14.5 Å². The SMILES string of the molecule is CC1(C)c2ccccc2-c2ccc(-c3cc(-c4cc(-c5ccc(-c6ccccc6)cc5)cc(-n5c6ccccc6c6ccccc65)c4)nc(-c4ccc(-c5ccccc5)cc4)n3)cc21. The van der Waals surface area contributed by atoms with Gasteiger partial charge in [-0.25, -0.2) is 9.97 Å². The molecule has 0 aliphatic heterocycles. The van der Waals surface area contributed by atoms with Gasteiger partial charge in [0.05, 0.1) is 22.4 Å². The molecule has 0 saturated carbocycles. The molecule has 0 saturated heterocycles. The molecule has 0 N–H and O–H groups in total. The van der Waals surface area contributed by atoms with E-state index in [0.717, 1.165) is 61.5 Å². The maximum Gasteiger partial charge on any atom is 0.160 e. The molecule has 0 atom stereocenters. The van der Waals surface area contributed by atoms with Gasteiger partial charge in [0.25, 0.3) is 0 Å². The van der Waals surface area contributed by atoms with E-state index in [1.165, 1.54) is 49.7 Å². The number of nitrogens with zero attached hydrogens (tertiary/aromatic N) is 3. The Labute approximate surface area is 373 Å². The number of para-hydroxylation sites is 2. The fourth-order valence-electron chi connectivity index (χ4n) is 9.92. The molecular weight excluding hydrogens is 775 g/mol. The number of rotatable bonds is 7. The van der Waals surface area contributed by atoms with Crippen LogP contribution in [0.3, 0.4) is 0 Å². The quantitative estimate of drug-likeness (QED) is 0.160. The van der Waals surface area contributed by atoms with Crippen LogP contribution in [0, 0.1) is 0 Å². The van der Waals surface area contributed by atoms with E-state index in [-0.39, 0.29) is 5.41 Å². The first kappa shape index (κ1) is 37.6. The number of aromatic nitrogens is 3. The maximum atomic E-state index is 5.45. The van der Waals surface area contributed by atoms with Crippen LogP contribution in [0.2, 0.25) is 0 Å². The Morgan fingerprint density at radius 3 is 1.41 bits per heavy atom. The largest absolute Gasteiger partial charge is 0.309 e. The number of fused-ring (bicyclic) bond motifs is 6. The van der Waals surface area contributed by atoms with Crippen molar-refractivity contribution in [3.8, 4) is 84.1 Å². The third-order valence-corrected chi connectivity index (χ3v) is 13.2. The third kappa shape index (κ3) is 6.36. The molecule has 302 valence electrons. The van der Waals surface area contributed by atoms with E-state index in [9.17, 15) is 0 Å². The average Bonchev–Trinajstić information content (AvgIpc) is 3.82. The Morgan fingerprint density at radius 1 is 0.328 bits per heavy atom. The molecule has 0 bridgehead atoms. The van der Waals surface area contributed by atoms with E-state index in [1.807, 2.05) is 0 Å². The predicted octanol–water partition coefficient (Wildman–Crippen LogP) is 15.9. The zero-order valence-electron chi connectivity index (χ0n) is 35.7. The Balaban J connectivity index is 1.07. The second kappa shape index (κ2) is 15.0. The summed E-state index contributed by atoms with van der Waals surface area (Å²) in [5.74, 6) is 0.686. The minimum absolute atomic E-state index is 0.143. The lowest BCUT2D eigenvalue weighted by atomic mass is 9.82. The Morgan fingerprint density at radius 2 is 0.781 bits per heavy atom. The van der Waals surface area contributed by atoms with Crippen LogP contribution in [-0.2, 0) is 5.41 Å². The molecule has 1 aliphatic rings. The minimum Gasteiger partial charge on any atom is -0.309 e. The van der Waals surface area contributed by atoms with Gasteiger partial charge in [0.1, 0.15) is 0 Å². The highest BCUT2D eigenvalue weighted by molar-refractivity contribution is 6.09. The normalized spacial score (nSPS) is 12.7. The summed E-state index contributed by atoms with van der Waals surface area (Å²) in [6, 6.07) is 80.9. The van der Waals surface area contributed by atoms with E-state index in [4.69, 9.17) is 9.97 Å². The third-order valence-electron chi connectivity index (χ3n) is 13.2. The number of hydrogen-bond acceptors (Lipinski definition) is 2. The second-order valence-electron chi connectivity index (χ2n) is 17.4. The zero-order chi connectivity index (χ0) is 42.8. The van der Waals surface area contributed by atoms with Gasteiger partial charge in [-0.3, -0.25) is 0 Å². The van der Waals surface area contributed by atoms with Crippen LogP contribution in [0.15, 0.2) is 224 Å². The first-order valence-corrected chi connectivity index (χ1v) is 22.1. The molecule has 64 heavy (non-hydrogen) atoms. The molecular formula is C61H43N3. The van der Waals surface area contributed by atoms with Gasteiger partial charge >= 0.3 is 0 Å². The zero-order valence-corrected chi connectivity index (χ0v) is 35.7. The Bertz CT molecular complexity index is 3490. The second-order valence-corrected chi connectivity index (χ2v) is 17.4.